The molecule has 1 aromatic heterocycles. The molecule has 2 N–H and O–H groups in total. The molecule has 1 amide bonds. The molecule has 0 radical (unpaired) electrons. The van der Waals surface area contributed by atoms with E-state index in [4.69, 9.17) is 5.11 Å². The largest absolute Gasteiger partial charge is 0.477 e. The zero-order chi connectivity index (χ0) is 13.0. The lowest BCUT2D eigenvalue weighted by Gasteiger charge is -2.21. The van der Waals surface area contributed by atoms with E-state index in [1.807, 2.05) is 11.8 Å². The molecule has 1 unspecified atom stereocenters. The van der Waals surface area contributed by atoms with E-state index in [1.54, 1.807) is 6.07 Å². The van der Waals surface area contributed by atoms with E-state index < -0.39 is 5.97 Å². The molecular formula is C12H15NO3S2. The number of carboxylic acids is 1. The summed E-state index contributed by atoms with van der Waals surface area (Å²) >= 11 is 2.92. The number of carbonyl (C=O) groups is 2. The summed E-state index contributed by atoms with van der Waals surface area (Å²) in [6, 6.07) is 3.04. The molecule has 1 aromatic rings. The van der Waals surface area contributed by atoms with E-state index in [0.29, 0.717) is 16.7 Å². The molecular weight excluding hydrogens is 270 g/mol. The number of hydrogen-bond acceptors (Lipinski definition) is 4. The first-order valence-corrected chi connectivity index (χ1v) is 7.76. The first kappa shape index (κ1) is 13.4. The van der Waals surface area contributed by atoms with E-state index >= 15 is 0 Å². The molecule has 0 bridgehead atoms. The fourth-order valence-electron chi connectivity index (χ4n) is 1.84. The van der Waals surface area contributed by atoms with Crippen molar-refractivity contribution in [2.24, 2.45) is 0 Å². The Bertz CT molecular complexity index is 438. The Morgan fingerprint density at radius 1 is 1.33 bits per heavy atom. The molecule has 1 atom stereocenters. The van der Waals surface area contributed by atoms with Crippen LogP contribution in [0.5, 0.6) is 0 Å². The zero-order valence-electron chi connectivity index (χ0n) is 9.85. The van der Waals surface area contributed by atoms with Crippen molar-refractivity contribution in [2.45, 2.75) is 24.5 Å². The van der Waals surface area contributed by atoms with Crippen LogP contribution in [0.1, 0.15) is 38.6 Å². The third kappa shape index (κ3) is 3.49. The van der Waals surface area contributed by atoms with Crippen LogP contribution in [0.4, 0.5) is 0 Å². The third-order valence-corrected chi connectivity index (χ3v) is 5.28. The van der Waals surface area contributed by atoms with E-state index in [-0.39, 0.29) is 10.8 Å². The van der Waals surface area contributed by atoms with Crippen LogP contribution in [-0.2, 0) is 0 Å². The van der Waals surface area contributed by atoms with Gasteiger partial charge in [-0.2, -0.15) is 11.8 Å². The fraction of sp³-hybridized carbons (Fsp3) is 0.500. The molecule has 98 valence electrons. The predicted octanol–water partition coefficient (Wildman–Crippen LogP) is 2.46. The highest BCUT2D eigenvalue weighted by atomic mass is 32.2. The van der Waals surface area contributed by atoms with Gasteiger partial charge in [0.25, 0.3) is 5.91 Å². The zero-order valence-corrected chi connectivity index (χ0v) is 11.5. The highest BCUT2D eigenvalue weighted by Crippen LogP contribution is 2.24. The molecule has 1 aliphatic rings. The van der Waals surface area contributed by atoms with Crippen molar-refractivity contribution in [1.29, 1.82) is 0 Å². The van der Waals surface area contributed by atoms with Crippen LogP contribution in [-0.4, -0.2) is 34.5 Å². The minimum Gasteiger partial charge on any atom is -0.477 e. The Morgan fingerprint density at radius 2 is 2.11 bits per heavy atom. The number of nitrogens with one attached hydrogen (secondary N) is 1. The fourth-order valence-corrected chi connectivity index (χ4v) is 3.84. The van der Waals surface area contributed by atoms with Gasteiger partial charge in [0.15, 0.2) is 0 Å². The van der Waals surface area contributed by atoms with Gasteiger partial charge in [0.2, 0.25) is 0 Å². The van der Waals surface area contributed by atoms with Gasteiger partial charge in [-0.3, -0.25) is 4.79 Å². The summed E-state index contributed by atoms with van der Waals surface area (Å²) in [5, 5.41) is 12.2. The third-order valence-electron chi connectivity index (χ3n) is 2.80. The first-order valence-electron chi connectivity index (χ1n) is 5.90. The van der Waals surface area contributed by atoms with Crippen LogP contribution < -0.4 is 5.32 Å². The SMILES string of the molecule is O=C(O)c1ccc(C(=O)NCC2CCCCS2)s1. The average molecular weight is 285 g/mol. The molecule has 1 saturated heterocycles. The second kappa shape index (κ2) is 6.24. The predicted molar refractivity (Wildman–Crippen MR) is 73.7 cm³/mol. The van der Waals surface area contributed by atoms with Gasteiger partial charge in [0.1, 0.15) is 4.88 Å². The van der Waals surface area contributed by atoms with Gasteiger partial charge in [0.05, 0.1) is 4.88 Å². The van der Waals surface area contributed by atoms with Crippen molar-refractivity contribution in [1.82, 2.24) is 5.32 Å². The second-order valence-electron chi connectivity index (χ2n) is 4.17. The van der Waals surface area contributed by atoms with Crippen molar-refractivity contribution < 1.29 is 14.7 Å². The minimum absolute atomic E-state index is 0.168. The number of carbonyl (C=O) groups excluding carboxylic acids is 1. The molecule has 0 spiro atoms. The number of aromatic carboxylic acids is 1. The highest BCUT2D eigenvalue weighted by molar-refractivity contribution is 7.99. The Hall–Kier alpha value is -1.01. The molecule has 2 rings (SSSR count). The molecule has 4 nitrogen and oxygen atoms in total. The number of hydrogen-bond donors (Lipinski definition) is 2. The quantitative estimate of drug-likeness (QED) is 0.892. The standard InChI is InChI=1S/C12H15NO3S2/c14-11(9-4-5-10(18-9)12(15)16)13-7-8-3-1-2-6-17-8/h4-5,8H,1-3,6-7H2,(H,13,14)(H,15,16). The maximum Gasteiger partial charge on any atom is 0.345 e. The van der Waals surface area contributed by atoms with Gasteiger partial charge in [-0.05, 0) is 30.7 Å². The summed E-state index contributed by atoms with van der Waals surface area (Å²) < 4.78 is 0. The lowest BCUT2D eigenvalue weighted by atomic mass is 10.2. The smallest absolute Gasteiger partial charge is 0.345 e. The van der Waals surface area contributed by atoms with Crippen molar-refractivity contribution in [3.63, 3.8) is 0 Å². The van der Waals surface area contributed by atoms with Crippen LogP contribution >= 0.6 is 23.1 Å². The van der Waals surface area contributed by atoms with Gasteiger partial charge in [-0.1, -0.05) is 6.42 Å². The van der Waals surface area contributed by atoms with Crippen molar-refractivity contribution in [3.8, 4) is 0 Å². The number of amides is 1. The maximum atomic E-state index is 11.8. The van der Waals surface area contributed by atoms with E-state index in [0.717, 1.165) is 17.8 Å². The van der Waals surface area contributed by atoms with Crippen LogP contribution in [0.15, 0.2) is 12.1 Å². The molecule has 6 heteroatoms. The lowest BCUT2D eigenvalue weighted by molar-refractivity contribution is 0.0702. The lowest BCUT2D eigenvalue weighted by Crippen LogP contribution is -2.31. The summed E-state index contributed by atoms with van der Waals surface area (Å²) in [6.45, 7) is 0.670. The molecule has 1 fully saturated rings. The van der Waals surface area contributed by atoms with E-state index in [1.165, 1.54) is 24.7 Å². The van der Waals surface area contributed by atoms with Crippen LogP contribution in [0.25, 0.3) is 0 Å². The monoisotopic (exact) mass is 285 g/mol. The Morgan fingerprint density at radius 3 is 2.72 bits per heavy atom. The van der Waals surface area contributed by atoms with Crippen molar-refractivity contribution >= 4 is 35.0 Å². The number of rotatable bonds is 4. The summed E-state index contributed by atoms with van der Waals surface area (Å²) in [6.07, 6.45) is 3.65. The number of carboxylic acid groups (broad SMARTS) is 1. The molecule has 0 aliphatic carbocycles. The first-order chi connectivity index (χ1) is 8.66. The number of thiophene rings is 1. The molecule has 0 aromatic carbocycles. The number of thioether (sulfide) groups is 1. The van der Waals surface area contributed by atoms with E-state index in [9.17, 15) is 9.59 Å². The van der Waals surface area contributed by atoms with Crippen molar-refractivity contribution in [3.05, 3.63) is 21.9 Å². The average Bonchev–Trinajstić information content (AvgIpc) is 2.87. The summed E-state index contributed by atoms with van der Waals surface area (Å²) in [4.78, 5) is 23.2. The summed E-state index contributed by atoms with van der Waals surface area (Å²) in [5.74, 6) is 0.0171. The minimum atomic E-state index is -0.984. The van der Waals surface area contributed by atoms with Gasteiger partial charge in [-0.25, -0.2) is 4.79 Å². The summed E-state index contributed by atoms with van der Waals surface area (Å²) in [5.41, 5.74) is 0. The molecule has 0 saturated carbocycles. The normalized spacial score (nSPS) is 19.4. The molecule has 18 heavy (non-hydrogen) atoms. The van der Waals surface area contributed by atoms with Crippen LogP contribution in [0, 0.1) is 0 Å². The second-order valence-corrected chi connectivity index (χ2v) is 6.66. The van der Waals surface area contributed by atoms with Crippen molar-refractivity contribution in [2.75, 3.05) is 12.3 Å². The Labute approximate surface area is 114 Å². The van der Waals surface area contributed by atoms with Gasteiger partial charge in [-0.15, -0.1) is 11.3 Å². The van der Waals surface area contributed by atoms with E-state index in [2.05, 4.69) is 5.32 Å². The summed E-state index contributed by atoms with van der Waals surface area (Å²) in [7, 11) is 0. The van der Waals surface area contributed by atoms with Crippen LogP contribution in [0.2, 0.25) is 0 Å². The Kier molecular flexibility index (Phi) is 4.66. The maximum absolute atomic E-state index is 11.8. The highest BCUT2D eigenvalue weighted by Gasteiger charge is 2.17. The van der Waals surface area contributed by atoms with Gasteiger partial charge in [0, 0.05) is 11.8 Å². The van der Waals surface area contributed by atoms with Crippen LogP contribution in [0.3, 0.4) is 0 Å². The van der Waals surface area contributed by atoms with Gasteiger partial charge < -0.3 is 10.4 Å². The Balaban J connectivity index is 1.84. The molecule has 2 heterocycles. The van der Waals surface area contributed by atoms with Gasteiger partial charge >= 0.3 is 5.97 Å². The molecule has 1 aliphatic heterocycles. The topological polar surface area (TPSA) is 66.4 Å².